The molecule has 1 fully saturated rings. The van der Waals surface area contributed by atoms with Gasteiger partial charge in [0.15, 0.2) is 0 Å². The lowest BCUT2D eigenvalue weighted by atomic mass is 10.2. The number of nitriles is 1. The highest BCUT2D eigenvalue weighted by Gasteiger charge is 2.27. The lowest BCUT2D eigenvalue weighted by molar-refractivity contribution is -0.133. The molecule has 140 valence electrons. The average molecular weight is 448 g/mol. The van der Waals surface area contributed by atoms with Crippen molar-refractivity contribution in [2.24, 2.45) is 0 Å². The van der Waals surface area contributed by atoms with E-state index < -0.39 is 6.04 Å². The first-order valence-electron chi connectivity index (χ1n) is 8.44. The highest BCUT2D eigenvalue weighted by molar-refractivity contribution is 9.11. The zero-order valence-corrected chi connectivity index (χ0v) is 17.1. The zero-order chi connectivity index (χ0) is 19.4. The molecule has 0 bridgehead atoms. The number of piperazine rings is 1. The molecule has 2 aromatic heterocycles. The molecule has 3 rings (SSSR count). The van der Waals surface area contributed by atoms with Crippen LogP contribution >= 0.6 is 27.3 Å². The molecule has 0 spiro atoms. The summed E-state index contributed by atoms with van der Waals surface area (Å²) >= 11 is 4.65. The molecule has 3 heterocycles. The molecular formula is C18H18BrN5O2S. The summed E-state index contributed by atoms with van der Waals surface area (Å²) in [4.78, 5) is 33.5. The number of anilines is 1. The van der Waals surface area contributed by atoms with Crippen LogP contribution in [0.15, 0.2) is 34.2 Å². The molecule has 27 heavy (non-hydrogen) atoms. The third-order valence-electron chi connectivity index (χ3n) is 4.31. The minimum absolute atomic E-state index is 0.111. The van der Waals surface area contributed by atoms with Crippen LogP contribution < -0.4 is 10.2 Å². The molecule has 2 aromatic rings. The topological polar surface area (TPSA) is 89.3 Å². The van der Waals surface area contributed by atoms with Crippen LogP contribution in [0.5, 0.6) is 0 Å². The Morgan fingerprint density at radius 1 is 1.30 bits per heavy atom. The van der Waals surface area contributed by atoms with Gasteiger partial charge in [-0.25, -0.2) is 4.98 Å². The number of hydrogen-bond acceptors (Lipinski definition) is 6. The van der Waals surface area contributed by atoms with Crippen molar-refractivity contribution in [2.75, 3.05) is 31.1 Å². The number of carbonyl (C=O) groups is 2. The van der Waals surface area contributed by atoms with Crippen LogP contribution in [0.4, 0.5) is 5.82 Å². The number of rotatable bonds is 4. The van der Waals surface area contributed by atoms with Crippen molar-refractivity contribution in [3.63, 3.8) is 0 Å². The molecule has 1 atom stereocenters. The minimum atomic E-state index is -0.602. The van der Waals surface area contributed by atoms with Gasteiger partial charge in [0.25, 0.3) is 5.91 Å². The number of aromatic nitrogens is 1. The van der Waals surface area contributed by atoms with Gasteiger partial charge in [0.05, 0.1) is 14.2 Å². The molecule has 9 heteroatoms. The van der Waals surface area contributed by atoms with Crippen molar-refractivity contribution in [2.45, 2.75) is 13.0 Å². The van der Waals surface area contributed by atoms with Gasteiger partial charge in [0.2, 0.25) is 5.91 Å². The minimum Gasteiger partial charge on any atom is -0.352 e. The van der Waals surface area contributed by atoms with E-state index in [1.54, 1.807) is 42.3 Å². The van der Waals surface area contributed by atoms with Gasteiger partial charge < -0.3 is 15.1 Å². The van der Waals surface area contributed by atoms with E-state index in [1.165, 1.54) is 11.3 Å². The Kier molecular flexibility index (Phi) is 6.08. The molecule has 1 saturated heterocycles. The first-order valence-corrected chi connectivity index (χ1v) is 10.1. The molecule has 1 unspecified atom stereocenters. The zero-order valence-electron chi connectivity index (χ0n) is 14.7. The van der Waals surface area contributed by atoms with Gasteiger partial charge >= 0.3 is 0 Å². The molecule has 7 nitrogen and oxygen atoms in total. The van der Waals surface area contributed by atoms with Crippen molar-refractivity contribution in [3.05, 3.63) is 44.7 Å². The van der Waals surface area contributed by atoms with Crippen LogP contribution in [0.3, 0.4) is 0 Å². The number of halogens is 1. The Morgan fingerprint density at radius 3 is 2.67 bits per heavy atom. The maximum Gasteiger partial charge on any atom is 0.262 e. The quantitative estimate of drug-likeness (QED) is 0.775. The second-order valence-corrected chi connectivity index (χ2v) is 8.56. The lowest BCUT2D eigenvalue weighted by Gasteiger charge is -2.36. The fourth-order valence-corrected chi connectivity index (χ4v) is 4.20. The summed E-state index contributed by atoms with van der Waals surface area (Å²) in [6, 6.07) is 8.54. The number of nitrogens with zero attached hydrogens (tertiary/aromatic N) is 4. The van der Waals surface area contributed by atoms with E-state index in [0.29, 0.717) is 42.4 Å². The van der Waals surface area contributed by atoms with Crippen molar-refractivity contribution in [1.82, 2.24) is 15.2 Å². The Balaban J connectivity index is 1.56. The second-order valence-electron chi connectivity index (χ2n) is 6.10. The molecule has 0 aliphatic carbocycles. The number of nitrogens with one attached hydrogen (secondary N) is 1. The summed E-state index contributed by atoms with van der Waals surface area (Å²) in [5.74, 6) is 0.286. The van der Waals surface area contributed by atoms with Crippen molar-refractivity contribution in [3.8, 4) is 6.07 Å². The largest absolute Gasteiger partial charge is 0.352 e. The first kappa shape index (κ1) is 19.3. The van der Waals surface area contributed by atoms with E-state index in [4.69, 9.17) is 0 Å². The average Bonchev–Trinajstić information content (AvgIpc) is 3.14. The number of carbonyl (C=O) groups excluding carboxylic acids is 2. The molecule has 1 N–H and O–H groups in total. The summed E-state index contributed by atoms with van der Waals surface area (Å²) in [6.45, 7) is 3.92. The van der Waals surface area contributed by atoms with Crippen LogP contribution in [0.1, 0.15) is 22.2 Å². The Bertz CT molecular complexity index is 886. The van der Waals surface area contributed by atoms with Gasteiger partial charge in [0.1, 0.15) is 17.9 Å². The van der Waals surface area contributed by atoms with Crippen LogP contribution in [0, 0.1) is 11.3 Å². The second kappa shape index (κ2) is 8.50. The fourth-order valence-electron chi connectivity index (χ4n) is 2.91. The fraction of sp³-hybridized carbons (Fsp3) is 0.333. The SMILES string of the molecule is CC(NC(=O)c1ccc(Br)s1)C(=O)N1CCN(c2ncccc2C#N)CC1. The summed E-state index contributed by atoms with van der Waals surface area (Å²) in [7, 11) is 0. The van der Waals surface area contributed by atoms with Gasteiger partial charge in [-0.05, 0) is 47.1 Å². The summed E-state index contributed by atoms with van der Waals surface area (Å²) < 4.78 is 0.869. The van der Waals surface area contributed by atoms with Crippen molar-refractivity contribution in [1.29, 1.82) is 5.26 Å². The van der Waals surface area contributed by atoms with Gasteiger partial charge in [-0.15, -0.1) is 11.3 Å². The number of hydrogen-bond donors (Lipinski definition) is 1. The van der Waals surface area contributed by atoms with E-state index in [0.717, 1.165) is 3.79 Å². The monoisotopic (exact) mass is 447 g/mol. The van der Waals surface area contributed by atoms with Gasteiger partial charge in [-0.2, -0.15) is 5.26 Å². The van der Waals surface area contributed by atoms with E-state index in [-0.39, 0.29) is 11.8 Å². The first-order chi connectivity index (χ1) is 13.0. The number of thiophene rings is 1. The third kappa shape index (κ3) is 4.46. The maximum atomic E-state index is 12.7. The highest BCUT2D eigenvalue weighted by Crippen LogP contribution is 2.22. The predicted molar refractivity (Wildman–Crippen MR) is 107 cm³/mol. The lowest BCUT2D eigenvalue weighted by Crippen LogP contribution is -2.54. The molecule has 2 amide bonds. The Hall–Kier alpha value is -2.44. The van der Waals surface area contributed by atoms with Gasteiger partial charge in [-0.3, -0.25) is 9.59 Å². The van der Waals surface area contributed by atoms with Crippen molar-refractivity contribution >= 4 is 44.9 Å². The third-order valence-corrected chi connectivity index (χ3v) is 5.94. The molecule has 0 aromatic carbocycles. The number of amides is 2. The standard InChI is InChI=1S/C18H18BrN5O2S/c1-12(22-17(25)14-4-5-15(19)27-14)18(26)24-9-7-23(8-10-24)16-13(11-20)3-2-6-21-16/h2-6,12H,7-10H2,1H3,(H,22,25). The van der Waals surface area contributed by atoms with Crippen molar-refractivity contribution < 1.29 is 9.59 Å². The Morgan fingerprint density at radius 2 is 2.04 bits per heavy atom. The smallest absolute Gasteiger partial charge is 0.262 e. The number of pyridine rings is 1. The Labute approximate surface area is 169 Å². The summed E-state index contributed by atoms with van der Waals surface area (Å²) in [6.07, 6.45) is 1.66. The molecule has 0 radical (unpaired) electrons. The van der Waals surface area contributed by atoms with Crippen LogP contribution in [-0.2, 0) is 4.79 Å². The normalized spacial score (nSPS) is 15.1. The summed E-state index contributed by atoms with van der Waals surface area (Å²) in [5, 5.41) is 12.0. The maximum absolute atomic E-state index is 12.7. The van der Waals surface area contributed by atoms with E-state index in [9.17, 15) is 14.9 Å². The van der Waals surface area contributed by atoms with Gasteiger partial charge in [0, 0.05) is 32.4 Å². The van der Waals surface area contributed by atoms with E-state index in [1.807, 2.05) is 4.90 Å². The van der Waals surface area contributed by atoms with Crippen LogP contribution in [0.25, 0.3) is 0 Å². The van der Waals surface area contributed by atoms with E-state index >= 15 is 0 Å². The molecule has 1 aliphatic rings. The van der Waals surface area contributed by atoms with E-state index in [2.05, 4.69) is 32.3 Å². The van der Waals surface area contributed by atoms with Crippen LogP contribution in [0.2, 0.25) is 0 Å². The molecule has 1 aliphatic heterocycles. The highest BCUT2D eigenvalue weighted by atomic mass is 79.9. The van der Waals surface area contributed by atoms with Gasteiger partial charge in [-0.1, -0.05) is 0 Å². The molecule has 0 saturated carbocycles. The predicted octanol–water partition coefficient (Wildman–Crippen LogP) is 2.24. The summed E-state index contributed by atoms with van der Waals surface area (Å²) in [5.41, 5.74) is 0.528. The molecular weight excluding hydrogens is 430 g/mol. The van der Waals surface area contributed by atoms with Crippen LogP contribution in [-0.4, -0.2) is 53.9 Å².